The van der Waals surface area contributed by atoms with Crippen molar-refractivity contribution in [3.05, 3.63) is 54.4 Å². The molecule has 9 heteroatoms. The van der Waals surface area contributed by atoms with E-state index in [2.05, 4.69) is 60.6 Å². The van der Waals surface area contributed by atoms with Crippen LogP contribution in [-0.2, 0) is 0 Å². The third kappa shape index (κ3) is 5.09. The lowest BCUT2D eigenvalue weighted by atomic mass is 10.1. The fraction of sp³-hybridized carbons (Fsp3) is 0.360. The highest BCUT2D eigenvalue weighted by atomic mass is 16.5. The Labute approximate surface area is 199 Å². The Bertz CT molecular complexity index is 1160. The second-order valence-electron chi connectivity index (χ2n) is 8.65. The molecule has 2 saturated heterocycles. The van der Waals surface area contributed by atoms with Crippen LogP contribution in [0.2, 0.25) is 0 Å². The van der Waals surface area contributed by atoms with Crippen molar-refractivity contribution in [1.82, 2.24) is 25.2 Å². The number of ether oxygens (including phenoxy) is 1. The molecule has 0 spiro atoms. The van der Waals surface area contributed by atoms with Gasteiger partial charge in [-0.2, -0.15) is 10.2 Å². The summed E-state index contributed by atoms with van der Waals surface area (Å²) < 4.78 is 5.99. The largest absolute Gasteiger partial charge is 0.488 e. The molecule has 3 aromatic rings. The van der Waals surface area contributed by atoms with Gasteiger partial charge in [-0.3, -0.25) is 0 Å². The summed E-state index contributed by atoms with van der Waals surface area (Å²) in [7, 11) is 2.16. The molecule has 2 aliphatic heterocycles. The Hall–Kier alpha value is -3.74. The van der Waals surface area contributed by atoms with Crippen molar-refractivity contribution in [2.75, 3.05) is 56.5 Å². The predicted molar refractivity (Wildman–Crippen MR) is 131 cm³/mol. The molecule has 174 valence electrons. The van der Waals surface area contributed by atoms with Crippen LogP contribution in [0.25, 0.3) is 11.4 Å². The average Bonchev–Trinajstić information content (AvgIpc) is 3.39. The van der Waals surface area contributed by atoms with E-state index in [1.165, 1.54) is 12.0 Å². The lowest BCUT2D eigenvalue weighted by molar-refractivity contribution is 0.222. The molecule has 0 radical (unpaired) electrons. The number of rotatable bonds is 6. The van der Waals surface area contributed by atoms with Crippen LogP contribution < -0.4 is 20.3 Å². The van der Waals surface area contributed by atoms with Crippen molar-refractivity contribution in [3.8, 4) is 23.2 Å². The van der Waals surface area contributed by atoms with Crippen LogP contribution in [0.1, 0.15) is 12.0 Å². The number of hydrogen-bond donors (Lipinski definition) is 2. The lowest BCUT2D eigenvalue weighted by Crippen LogP contribution is -2.44. The molecule has 0 unspecified atom stereocenters. The molecular formula is C25H28N8O. The predicted octanol–water partition coefficient (Wildman–Crippen LogP) is 2.65. The summed E-state index contributed by atoms with van der Waals surface area (Å²) in [6, 6.07) is 16.0. The molecule has 34 heavy (non-hydrogen) atoms. The molecule has 2 N–H and O–H groups in total. The molecule has 2 aliphatic rings. The number of nitrogens with zero attached hydrogens (tertiary/aromatic N) is 6. The normalized spacial score (nSPS) is 18.5. The minimum Gasteiger partial charge on any atom is -0.488 e. The number of aromatic nitrogens is 3. The van der Waals surface area contributed by atoms with Gasteiger partial charge in [0.2, 0.25) is 5.95 Å². The number of likely N-dealkylation sites (N-methyl/N-ethyl adjacent to an activating group) is 1. The summed E-state index contributed by atoms with van der Waals surface area (Å²) in [5.41, 5.74) is 3.33. The van der Waals surface area contributed by atoms with Gasteiger partial charge in [-0.1, -0.05) is 0 Å². The number of hydrogen-bond acceptors (Lipinski definition) is 9. The van der Waals surface area contributed by atoms with Gasteiger partial charge in [0.15, 0.2) is 5.82 Å². The highest BCUT2D eigenvalue weighted by Crippen LogP contribution is 2.27. The standard InChI is InChI=1S/C25H28N8O/c1-32-10-12-33(13-11-32)21-5-3-20(4-6-21)30-25-29-17-28-24(31-25)18-2-7-23(19(14-18)15-26)34-22-8-9-27-16-22/h2-7,14,17,22,27H,8-13,16H2,1H3,(H,28,29,30,31)/t22-/m1/s1. The molecule has 0 bridgehead atoms. The van der Waals surface area contributed by atoms with Gasteiger partial charge < -0.3 is 25.2 Å². The first-order chi connectivity index (χ1) is 16.7. The highest BCUT2D eigenvalue weighted by Gasteiger charge is 2.18. The molecule has 9 nitrogen and oxygen atoms in total. The maximum absolute atomic E-state index is 9.63. The molecule has 1 aromatic heterocycles. The summed E-state index contributed by atoms with van der Waals surface area (Å²) in [5.74, 6) is 1.54. The number of nitriles is 1. The van der Waals surface area contributed by atoms with Crippen LogP contribution >= 0.6 is 0 Å². The summed E-state index contributed by atoms with van der Waals surface area (Å²) in [5, 5.41) is 16.1. The summed E-state index contributed by atoms with van der Waals surface area (Å²) in [6.45, 7) is 5.95. The van der Waals surface area contributed by atoms with Crippen LogP contribution in [0.4, 0.5) is 17.3 Å². The zero-order valence-electron chi connectivity index (χ0n) is 19.2. The van der Waals surface area contributed by atoms with Gasteiger partial charge in [-0.15, -0.1) is 0 Å². The molecule has 0 aliphatic carbocycles. The Balaban J connectivity index is 1.28. The summed E-state index contributed by atoms with van der Waals surface area (Å²) in [4.78, 5) is 17.9. The monoisotopic (exact) mass is 456 g/mol. The quantitative estimate of drug-likeness (QED) is 0.579. The van der Waals surface area contributed by atoms with Crippen molar-refractivity contribution in [2.24, 2.45) is 0 Å². The van der Waals surface area contributed by atoms with Crippen LogP contribution in [0.3, 0.4) is 0 Å². The Morgan fingerprint density at radius 3 is 2.65 bits per heavy atom. The van der Waals surface area contributed by atoms with E-state index in [1.54, 1.807) is 6.07 Å². The SMILES string of the molecule is CN1CCN(c2ccc(Nc3ncnc(-c4ccc(O[C@@H]5CCNC5)c(C#N)c4)n3)cc2)CC1. The van der Waals surface area contributed by atoms with E-state index in [0.717, 1.165) is 56.9 Å². The molecule has 1 atom stereocenters. The first-order valence-electron chi connectivity index (χ1n) is 11.6. The van der Waals surface area contributed by atoms with Crippen LogP contribution in [0, 0.1) is 11.3 Å². The minimum atomic E-state index is 0.0913. The average molecular weight is 457 g/mol. The zero-order chi connectivity index (χ0) is 23.3. The van der Waals surface area contributed by atoms with Gasteiger partial charge in [0, 0.05) is 49.7 Å². The molecule has 3 heterocycles. The third-order valence-electron chi connectivity index (χ3n) is 6.23. The van der Waals surface area contributed by atoms with E-state index in [-0.39, 0.29) is 6.10 Å². The Morgan fingerprint density at radius 1 is 1.09 bits per heavy atom. The van der Waals surface area contributed by atoms with Gasteiger partial charge in [0.25, 0.3) is 0 Å². The smallest absolute Gasteiger partial charge is 0.230 e. The van der Waals surface area contributed by atoms with Gasteiger partial charge in [-0.05, 0) is 62.5 Å². The molecule has 0 amide bonds. The van der Waals surface area contributed by atoms with Crippen LogP contribution in [0.5, 0.6) is 5.75 Å². The molecule has 5 rings (SSSR count). The molecular weight excluding hydrogens is 428 g/mol. The van der Waals surface area contributed by atoms with E-state index in [4.69, 9.17) is 4.74 Å². The van der Waals surface area contributed by atoms with Gasteiger partial charge in [-0.25, -0.2) is 9.97 Å². The van der Waals surface area contributed by atoms with Crippen molar-refractivity contribution < 1.29 is 4.74 Å². The van der Waals surface area contributed by atoms with Crippen molar-refractivity contribution in [2.45, 2.75) is 12.5 Å². The summed E-state index contributed by atoms with van der Waals surface area (Å²) >= 11 is 0. The fourth-order valence-electron chi connectivity index (χ4n) is 4.21. The topological polar surface area (TPSA) is 102 Å². The van der Waals surface area contributed by atoms with E-state index in [0.29, 0.717) is 23.1 Å². The molecule has 0 saturated carbocycles. The Morgan fingerprint density at radius 2 is 1.91 bits per heavy atom. The van der Waals surface area contributed by atoms with E-state index >= 15 is 0 Å². The van der Waals surface area contributed by atoms with E-state index in [9.17, 15) is 5.26 Å². The lowest BCUT2D eigenvalue weighted by Gasteiger charge is -2.34. The van der Waals surface area contributed by atoms with Gasteiger partial charge in [0.05, 0.1) is 5.56 Å². The zero-order valence-corrected chi connectivity index (χ0v) is 19.2. The van der Waals surface area contributed by atoms with Crippen molar-refractivity contribution in [1.29, 1.82) is 5.26 Å². The molecule has 2 fully saturated rings. The molecule has 2 aromatic carbocycles. The van der Waals surface area contributed by atoms with E-state index < -0.39 is 0 Å². The fourth-order valence-corrected chi connectivity index (χ4v) is 4.21. The maximum Gasteiger partial charge on any atom is 0.230 e. The second kappa shape index (κ2) is 10.0. The number of nitrogens with one attached hydrogen (secondary N) is 2. The minimum absolute atomic E-state index is 0.0913. The van der Waals surface area contributed by atoms with Gasteiger partial charge in [0.1, 0.15) is 24.3 Å². The number of benzene rings is 2. The highest BCUT2D eigenvalue weighted by molar-refractivity contribution is 5.64. The number of anilines is 3. The first kappa shape index (κ1) is 22.1. The summed E-state index contributed by atoms with van der Waals surface area (Å²) in [6.07, 6.45) is 2.50. The Kier molecular flexibility index (Phi) is 6.51. The second-order valence-corrected chi connectivity index (χ2v) is 8.65. The first-order valence-corrected chi connectivity index (χ1v) is 11.6. The van der Waals surface area contributed by atoms with E-state index in [1.807, 2.05) is 24.3 Å². The van der Waals surface area contributed by atoms with Crippen LogP contribution in [-0.4, -0.2) is 72.3 Å². The van der Waals surface area contributed by atoms with Crippen LogP contribution in [0.15, 0.2) is 48.8 Å². The van der Waals surface area contributed by atoms with Crippen molar-refractivity contribution >= 4 is 17.3 Å². The van der Waals surface area contributed by atoms with Crippen molar-refractivity contribution in [3.63, 3.8) is 0 Å². The van der Waals surface area contributed by atoms with Gasteiger partial charge >= 0.3 is 0 Å². The third-order valence-corrected chi connectivity index (χ3v) is 6.23. The number of piperazine rings is 1. The maximum atomic E-state index is 9.63.